The second-order valence-corrected chi connectivity index (χ2v) is 7.12. The second kappa shape index (κ2) is 8.14. The molecule has 0 unspecified atom stereocenters. The van der Waals surface area contributed by atoms with E-state index in [0.29, 0.717) is 11.7 Å². The highest BCUT2D eigenvalue weighted by Crippen LogP contribution is 2.19. The van der Waals surface area contributed by atoms with Crippen LogP contribution in [0.3, 0.4) is 0 Å². The van der Waals surface area contributed by atoms with Crippen molar-refractivity contribution in [1.29, 1.82) is 0 Å². The Balaban J connectivity index is 1.62. The zero-order chi connectivity index (χ0) is 18.5. The van der Waals surface area contributed by atoms with Crippen molar-refractivity contribution in [2.24, 2.45) is 0 Å². The first-order valence-corrected chi connectivity index (χ1v) is 9.30. The Morgan fingerprint density at radius 1 is 1.15 bits per heavy atom. The largest absolute Gasteiger partial charge is 0.341 e. The molecule has 0 N–H and O–H groups in total. The van der Waals surface area contributed by atoms with Crippen molar-refractivity contribution in [3.8, 4) is 5.69 Å². The number of para-hydroxylation sites is 1. The van der Waals surface area contributed by atoms with Crippen molar-refractivity contribution in [3.05, 3.63) is 65.2 Å². The van der Waals surface area contributed by atoms with E-state index in [1.54, 1.807) is 9.58 Å². The van der Waals surface area contributed by atoms with E-state index in [0.717, 1.165) is 11.3 Å². The maximum absolute atomic E-state index is 12.5. The summed E-state index contributed by atoms with van der Waals surface area (Å²) < 4.78 is 1.64. The highest BCUT2D eigenvalue weighted by atomic mass is 32.2. The molecule has 0 saturated carbocycles. The molecule has 1 heterocycles. The zero-order valence-corrected chi connectivity index (χ0v) is 15.9. The van der Waals surface area contributed by atoms with Gasteiger partial charge < -0.3 is 4.90 Å². The molecule has 0 atom stereocenters. The molecule has 2 aromatic carbocycles. The molecule has 3 rings (SSSR count). The number of aromatic nitrogens is 4. The quantitative estimate of drug-likeness (QED) is 0.627. The van der Waals surface area contributed by atoms with Crippen molar-refractivity contribution in [1.82, 2.24) is 25.1 Å². The summed E-state index contributed by atoms with van der Waals surface area (Å²) in [7, 11) is 1.82. The van der Waals surface area contributed by atoms with Gasteiger partial charge in [0.2, 0.25) is 11.1 Å². The topological polar surface area (TPSA) is 63.9 Å². The summed E-state index contributed by atoms with van der Waals surface area (Å²) in [5.41, 5.74) is 4.45. The standard InChI is InChI=1S/C19H21N5OS/c1-14-9-10-16(15(2)11-14)12-23(3)18(25)13-26-19-20-21-22-24(19)17-7-5-4-6-8-17/h4-11H,12-13H2,1-3H3. The van der Waals surface area contributed by atoms with Gasteiger partial charge >= 0.3 is 0 Å². The maximum Gasteiger partial charge on any atom is 0.233 e. The lowest BCUT2D eigenvalue weighted by Gasteiger charge is -2.18. The first-order chi connectivity index (χ1) is 12.5. The zero-order valence-electron chi connectivity index (χ0n) is 15.1. The lowest BCUT2D eigenvalue weighted by molar-refractivity contribution is -0.127. The lowest BCUT2D eigenvalue weighted by Crippen LogP contribution is -2.28. The van der Waals surface area contributed by atoms with Gasteiger partial charge in [-0.05, 0) is 47.5 Å². The van der Waals surface area contributed by atoms with E-state index in [2.05, 4.69) is 47.6 Å². The molecule has 1 aromatic heterocycles. The molecule has 7 heteroatoms. The van der Waals surface area contributed by atoms with E-state index in [1.165, 1.54) is 22.9 Å². The number of tetrazole rings is 1. The van der Waals surface area contributed by atoms with Crippen LogP contribution in [0.25, 0.3) is 5.69 Å². The summed E-state index contributed by atoms with van der Waals surface area (Å²) in [6.07, 6.45) is 0. The molecule has 6 nitrogen and oxygen atoms in total. The predicted octanol–water partition coefficient (Wildman–Crippen LogP) is 3.03. The fourth-order valence-electron chi connectivity index (χ4n) is 2.60. The fourth-order valence-corrected chi connectivity index (χ4v) is 3.43. The molecule has 0 aliphatic carbocycles. The average Bonchev–Trinajstić information content (AvgIpc) is 3.11. The van der Waals surface area contributed by atoms with Crippen LogP contribution in [0.15, 0.2) is 53.7 Å². The lowest BCUT2D eigenvalue weighted by atomic mass is 10.1. The van der Waals surface area contributed by atoms with E-state index in [9.17, 15) is 4.79 Å². The number of aryl methyl sites for hydroxylation is 2. The summed E-state index contributed by atoms with van der Waals surface area (Å²) in [6, 6.07) is 15.9. The average molecular weight is 367 g/mol. The second-order valence-electron chi connectivity index (χ2n) is 6.18. The van der Waals surface area contributed by atoms with Gasteiger partial charge in [0.05, 0.1) is 11.4 Å². The molecule has 0 fully saturated rings. The number of carbonyl (C=O) groups is 1. The Hall–Kier alpha value is -2.67. The van der Waals surface area contributed by atoms with E-state index in [4.69, 9.17) is 0 Å². The summed E-state index contributed by atoms with van der Waals surface area (Å²) >= 11 is 1.34. The Kier molecular flexibility index (Phi) is 5.68. The number of rotatable bonds is 6. The monoisotopic (exact) mass is 367 g/mol. The van der Waals surface area contributed by atoms with Gasteiger partial charge in [0.1, 0.15) is 0 Å². The van der Waals surface area contributed by atoms with Gasteiger partial charge in [-0.1, -0.05) is 53.7 Å². The normalized spacial score (nSPS) is 10.7. The van der Waals surface area contributed by atoms with Gasteiger partial charge in [0, 0.05) is 13.6 Å². The molecule has 0 spiro atoms. The molecule has 0 bridgehead atoms. The molecule has 0 radical (unpaired) electrons. The van der Waals surface area contributed by atoms with Gasteiger partial charge in [-0.3, -0.25) is 4.79 Å². The predicted molar refractivity (Wildman–Crippen MR) is 102 cm³/mol. The van der Waals surface area contributed by atoms with Crippen molar-refractivity contribution in [2.45, 2.75) is 25.5 Å². The van der Waals surface area contributed by atoms with Crippen molar-refractivity contribution in [3.63, 3.8) is 0 Å². The number of thioether (sulfide) groups is 1. The number of amides is 1. The van der Waals surface area contributed by atoms with Gasteiger partial charge in [-0.2, -0.15) is 4.68 Å². The Morgan fingerprint density at radius 3 is 2.65 bits per heavy atom. The van der Waals surface area contributed by atoms with Gasteiger partial charge in [0.25, 0.3) is 0 Å². The fraction of sp³-hybridized carbons (Fsp3) is 0.263. The smallest absolute Gasteiger partial charge is 0.233 e. The van der Waals surface area contributed by atoms with E-state index < -0.39 is 0 Å². The van der Waals surface area contributed by atoms with Crippen LogP contribution in [0.1, 0.15) is 16.7 Å². The minimum Gasteiger partial charge on any atom is -0.341 e. The van der Waals surface area contributed by atoms with Crippen LogP contribution in [-0.4, -0.2) is 43.8 Å². The van der Waals surface area contributed by atoms with Crippen LogP contribution in [0, 0.1) is 13.8 Å². The van der Waals surface area contributed by atoms with Crippen LogP contribution < -0.4 is 0 Å². The van der Waals surface area contributed by atoms with Gasteiger partial charge in [-0.15, -0.1) is 5.10 Å². The summed E-state index contributed by atoms with van der Waals surface area (Å²) in [6.45, 7) is 4.73. The summed E-state index contributed by atoms with van der Waals surface area (Å²) in [4.78, 5) is 14.2. The number of hydrogen-bond acceptors (Lipinski definition) is 5. The van der Waals surface area contributed by atoms with Gasteiger partial charge in [-0.25, -0.2) is 0 Å². The van der Waals surface area contributed by atoms with Crippen molar-refractivity contribution < 1.29 is 4.79 Å². The third-order valence-corrected chi connectivity index (χ3v) is 5.00. The highest BCUT2D eigenvalue weighted by Gasteiger charge is 2.15. The molecular weight excluding hydrogens is 346 g/mol. The number of hydrogen-bond donors (Lipinski definition) is 0. The van der Waals surface area contributed by atoms with Crippen LogP contribution in [0.4, 0.5) is 0 Å². The van der Waals surface area contributed by atoms with Crippen LogP contribution >= 0.6 is 11.8 Å². The van der Waals surface area contributed by atoms with Crippen LogP contribution in [-0.2, 0) is 11.3 Å². The van der Waals surface area contributed by atoms with Crippen molar-refractivity contribution >= 4 is 17.7 Å². The molecule has 0 saturated heterocycles. The Labute approximate surface area is 157 Å². The molecule has 134 valence electrons. The summed E-state index contributed by atoms with van der Waals surface area (Å²) in [5, 5.41) is 12.4. The van der Waals surface area contributed by atoms with E-state index >= 15 is 0 Å². The number of nitrogens with zero attached hydrogens (tertiary/aromatic N) is 5. The first-order valence-electron chi connectivity index (χ1n) is 8.31. The minimum absolute atomic E-state index is 0.0394. The summed E-state index contributed by atoms with van der Waals surface area (Å²) in [5.74, 6) is 0.326. The Bertz CT molecular complexity index is 894. The first kappa shape index (κ1) is 18.1. The van der Waals surface area contributed by atoms with Crippen LogP contribution in [0.5, 0.6) is 0 Å². The molecule has 3 aromatic rings. The Morgan fingerprint density at radius 2 is 1.92 bits per heavy atom. The van der Waals surface area contributed by atoms with E-state index in [-0.39, 0.29) is 11.7 Å². The molecule has 26 heavy (non-hydrogen) atoms. The third kappa shape index (κ3) is 4.29. The molecule has 1 amide bonds. The van der Waals surface area contributed by atoms with E-state index in [1.807, 2.05) is 37.4 Å². The highest BCUT2D eigenvalue weighted by molar-refractivity contribution is 7.99. The molecule has 0 aliphatic heterocycles. The maximum atomic E-state index is 12.5. The number of benzene rings is 2. The number of carbonyl (C=O) groups excluding carboxylic acids is 1. The SMILES string of the molecule is Cc1ccc(CN(C)C(=O)CSc2nnnn2-c2ccccc2)c(C)c1. The minimum atomic E-state index is 0.0394. The molecular formula is C19H21N5OS. The third-order valence-electron chi connectivity index (χ3n) is 4.10. The van der Waals surface area contributed by atoms with Crippen molar-refractivity contribution in [2.75, 3.05) is 12.8 Å². The van der Waals surface area contributed by atoms with Gasteiger partial charge in [0.15, 0.2) is 0 Å². The molecule has 0 aliphatic rings. The van der Waals surface area contributed by atoms with Crippen LogP contribution in [0.2, 0.25) is 0 Å².